The van der Waals surface area contributed by atoms with Crippen molar-refractivity contribution in [1.29, 1.82) is 0 Å². The lowest BCUT2D eigenvalue weighted by Crippen LogP contribution is -2.46. The minimum Gasteiger partial charge on any atom is -0.369 e. The molecule has 144 valence electrons. The second kappa shape index (κ2) is 9.29. The fourth-order valence-corrected chi connectivity index (χ4v) is 3.95. The molecule has 1 N–H and O–H groups in total. The van der Waals surface area contributed by atoms with Crippen LogP contribution in [-0.2, 0) is 5.75 Å². The first-order valence-electron chi connectivity index (χ1n) is 9.58. The number of thioether (sulfide) groups is 1. The molecule has 4 nitrogen and oxygen atoms in total. The van der Waals surface area contributed by atoms with Gasteiger partial charge in [-0.2, -0.15) is 11.8 Å². The number of hydrogen-bond acceptors (Lipinski definition) is 4. The average molecular weight is 384 g/mol. The van der Waals surface area contributed by atoms with Crippen molar-refractivity contribution in [2.75, 3.05) is 49.2 Å². The molecule has 0 bridgehead atoms. The lowest BCUT2D eigenvalue weighted by molar-refractivity contribution is 0.102. The fraction of sp³-hybridized carbons (Fsp3) is 0.409. The van der Waals surface area contributed by atoms with Gasteiger partial charge in [0, 0.05) is 48.9 Å². The molecule has 1 aliphatic heterocycles. The zero-order valence-electron chi connectivity index (χ0n) is 16.5. The molecule has 1 saturated heterocycles. The molecule has 1 heterocycles. The molecular weight excluding hydrogens is 354 g/mol. The minimum absolute atomic E-state index is 0.0573. The largest absolute Gasteiger partial charge is 0.369 e. The number of rotatable bonds is 6. The molecule has 1 amide bonds. The van der Waals surface area contributed by atoms with Crippen LogP contribution in [0.5, 0.6) is 0 Å². The maximum absolute atomic E-state index is 12.6. The maximum Gasteiger partial charge on any atom is 0.255 e. The van der Waals surface area contributed by atoms with Gasteiger partial charge in [-0.3, -0.25) is 4.79 Å². The smallest absolute Gasteiger partial charge is 0.255 e. The highest BCUT2D eigenvalue weighted by Crippen LogP contribution is 2.24. The highest BCUT2D eigenvalue weighted by Gasteiger charge is 2.16. The van der Waals surface area contributed by atoms with E-state index < -0.39 is 0 Å². The zero-order valence-corrected chi connectivity index (χ0v) is 17.3. The molecule has 0 spiro atoms. The molecule has 1 aliphatic rings. The van der Waals surface area contributed by atoms with Crippen LogP contribution in [0, 0.1) is 6.92 Å². The molecule has 0 saturated carbocycles. The first-order chi connectivity index (χ1) is 13.1. The number of benzene rings is 2. The van der Waals surface area contributed by atoms with Gasteiger partial charge in [-0.1, -0.05) is 19.1 Å². The average Bonchev–Trinajstić information content (AvgIpc) is 2.70. The lowest BCUT2D eigenvalue weighted by Gasteiger charge is -2.35. The summed E-state index contributed by atoms with van der Waals surface area (Å²) in [4.78, 5) is 17.5. The number of piperazine rings is 1. The molecular formula is C22H29N3OS. The van der Waals surface area contributed by atoms with Gasteiger partial charge in [-0.05, 0) is 61.2 Å². The van der Waals surface area contributed by atoms with Crippen LogP contribution in [0.1, 0.15) is 28.4 Å². The quantitative estimate of drug-likeness (QED) is 0.809. The van der Waals surface area contributed by atoms with Gasteiger partial charge in [0.25, 0.3) is 5.91 Å². The second-order valence-electron chi connectivity index (χ2n) is 7.00. The van der Waals surface area contributed by atoms with Crippen molar-refractivity contribution in [2.45, 2.75) is 19.6 Å². The van der Waals surface area contributed by atoms with Crippen LogP contribution >= 0.6 is 11.8 Å². The Morgan fingerprint density at radius 2 is 1.78 bits per heavy atom. The van der Waals surface area contributed by atoms with Gasteiger partial charge >= 0.3 is 0 Å². The number of hydrogen-bond donors (Lipinski definition) is 1. The standard InChI is InChI=1S/C22H29N3OS/c1-4-24-11-13-25(14-12-24)20-9-10-21(17(2)15-20)23-22(26)19-7-5-18(6-8-19)16-27-3/h5-10,15H,4,11-14,16H2,1-3H3,(H,23,26). The third-order valence-corrected chi connectivity index (χ3v) is 5.79. The molecule has 0 aromatic heterocycles. The number of carbonyl (C=O) groups excluding carboxylic acids is 1. The predicted octanol–water partition coefficient (Wildman–Crippen LogP) is 4.25. The van der Waals surface area contributed by atoms with Gasteiger partial charge in [-0.15, -0.1) is 0 Å². The van der Waals surface area contributed by atoms with E-state index in [4.69, 9.17) is 0 Å². The van der Waals surface area contributed by atoms with E-state index in [0.717, 1.165) is 49.7 Å². The Balaban J connectivity index is 1.64. The summed E-state index contributed by atoms with van der Waals surface area (Å²) in [6, 6.07) is 14.2. The van der Waals surface area contributed by atoms with E-state index in [-0.39, 0.29) is 5.91 Å². The second-order valence-corrected chi connectivity index (χ2v) is 7.87. The number of likely N-dealkylation sites (N-methyl/N-ethyl adjacent to an activating group) is 1. The van der Waals surface area contributed by atoms with Crippen molar-refractivity contribution in [3.05, 3.63) is 59.2 Å². The number of nitrogens with zero attached hydrogens (tertiary/aromatic N) is 2. The van der Waals surface area contributed by atoms with Crippen molar-refractivity contribution in [1.82, 2.24) is 4.90 Å². The Kier molecular flexibility index (Phi) is 6.80. The molecule has 0 atom stereocenters. The number of amides is 1. The molecule has 2 aromatic carbocycles. The highest BCUT2D eigenvalue weighted by molar-refractivity contribution is 7.97. The van der Waals surface area contributed by atoms with Crippen LogP contribution < -0.4 is 10.2 Å². The number of carbonyl (C=O) groups is 1. The van der Waals surface area contributed by atoms with E-state index >= 15 is 0 Å². The maximum atomic E-state index is 12.6. The van der Waals surface area contributed by atoms with Crippen LogP contribution in [0.3, 0.4) is 0 Å². The van der Waals surface area contributed by atoms with E-state index in [1.54, 1.807) is 11.8 Å². The van der Waals surface area contributed by atoms with E-state index in [0.29, 0.717) is 5.56 Å². The SMILES string of the molecule is CCN1CCN(c2ccc(NC(=O)c3ccc(CSC)cc3)c(C)c2)CC1. The van der Waals surface area contributed by atoms with E-state index in [1.165, 1.54) is 11.3 Å². The van der Waals surface area contributed by atoms with Crippen LogP contribution in [0.2, 0.25) is 0 Å². The van der Waals surface area contributed by atoms with Crippen LogP contribution in [0.15, 0.2) is 42.5 Å². The molecule has 27 heavy (non-hydrogen) atoms. The summed E-state index contributed by atoms with van der Waals surface area (Å²) < 4.78 is 0. The van der Waals surface area contributed by atoms with Gasteiger partial charge in [-0.25, -0.2) is 0 Å². The van der Waals surface area contributed by atoms with Crippen LogP contribution in [-0.4, -0.2) is 49.8 Å². The summed E-state index contributed by atoms with van der Waals surface area (Å²) >= 11 is 1.78. The van der Waals surface area contributed by atoms with Gasteiger partial charge in [0.05, 0.1) is 0 Å². The Morgan fingerprint density at radius 3 is 2.37 bits per heavy atom. The molecule has 5 heteroatoms. The Bertz CT molecular complexity index is 768. The Morgan fingerprint density at radius 1 is 1.07 bits per heavy atom. The fourth-order valence-electron chi connectivity index (χ4n) is 3.42. The molecule has 1 fully saturated rings. The van der Waals surface area contributed by atoms with Crippen LogP contribution in [0.4, 0.5) is 11.4 Å². The van der Waals surface area contributed by atoms with E-state index in [2.05, 4.69) is 47.4 Å². The number of nitrogens with one attached hydrogen (secondary N) is 1. The summed E-state index contributed by atoms with van der Waals surface area (Å²) in [5.74, 6) is 0.910. The Hall–Kier alpha value is -1.98. The first-order valence-corrected chi connectivity index (χ1v) is 11.0. The van der Waals surface area contributed by atoms with E-state index in [1.807, 2.05) is 30.3 Å². The topological polar surface area (TPSA) is 35.6 Å². The predicted molar refractivity (Wildman–Crippen MR) is 117 cm³/mol. The minimum atomic E-state index is -0.0573. The van der Waals surface area contributed by atoms with E-state index in [9.17, 15) is 4.79 Å². The lowest BCUT2D eigenvalue weighted by atomic mass is 10.1. The summed E-state index contributed by atoms with van der Waals surface area (Å²) in [7, 11) is 0. The normalized spacial score (nSPS) is 15.0. The molecule has 0 unspecified atom stereocenters. The monoisotopic (exact) mass is 383 g/mol. The summed E-state index contributed by atoms with van der Waals surface area (Å²) in [5.41, 5.74) is 5.14. The Labute approximate surface area is 166 Å². The van der Waals surface area contributed by atoms with Crippen LogP contribution in [0.25, 0.3) is 0 Å². The van der Waals surface area contributed by atoms with Gasteiger partial charge in [0.1, 0.15) is 0 Å². The summed E-state index contributed by atoms with van der Waals surface area (Å²) in [6.07, 6.45) is 2.08. The third kappa shape index (κ3) is 5.05. The molecule has 3 rings (SSSR count). The van der Waals surface area contributed by atoms with Crippen molar-refractivity contribution < 1.29 is 4.79 Å². The summed E-state index contributed by atoms with van der Waals surface area (Å²) in [6.45, 7) is 9.73. The molecule has 0 aliphatic carbocycles. The zero-order chi connectivity index (χ0) is 19.2. The van der Waals surface area contributed by atoms with Crippen molar-refractivity contribution in [3.8, 4) is 0 Å². The summed E-state index contributed by atoms with van der Waals surface area (Å²) in [5, 5.41) is 3.05. The number of aryl methyl sites for hydroxylation is 1. The number of anilines is 2. The van der Waals surface area contributed by atoms with Gasteiger partial charge < -0.3 is 15.1 Å². The van der Waals surface area contributed by atoms with Crippen molar-refractivity contribution >= 4 is 29.0 Å². The third-order valence-electron chi connectivity index (χ3n) is 5.17. The highest BCUT2D eigenvalue weighted by atomic mass is 32.2. The van der Waals surface area contributed by atoms with Gasteiger partial charge in [0.2, 0.25) is 0 Å². The molecule has 2 aromatic rings. The van der Waals surface area contributed by atoms with Crippen molar-refractivity contribution in [2.24, 2.45) is 0 Å². The first kappa shape index (κ1) is 19.8. The molecule has 0 radical (unpaired) electrons. The van der Waals surface area contributed by atoms with Crippen molar-refractivity contribution in [3.63, 3.8) is 0 Å². The van der Waals surface area contributed by atoms with Gasteiger partial charge in [0.15, 0.2) is 0 Å².